The molecule has 0 aromatic carbocycles. The van der Waals surface area contributed by atoms with Gasteiger partial charge in [0.05, 0.1) is 0 Å². The molecule has 1 aromatic rings. The molecule has 0 amide bonds. The van der Waals surface area contributed by atoms with Crippen LogP contribution in [0.15, 0.2) is 12.4 Å². The maximum Gasteiger partial charge on any atom is 0.167 e. The van der Waals surface area contributed by atoms with Gasteiger partial charge in [-0.15, -0.1) is 0 Å². The number of hydrogen-bond acceptors (Lipinski definition) is 3. The molecule has 1 aromatic heterocycles. The van der Waals surface area contributed by atoms with Gasteiger partial charge in [0.25, 0.3) is 0 Å². The van der Waals surface area contributed by atoms with Gasteiger partial charge >= 0.3 is 0 Å². The summed E-state index contributed by atoms with van der Waals surface area (Å²) in [5.41, 5.74) is 5.51. The first kappa shape index (κ1) is 11.1. The SMILES string of the molecule is CCOCCCn1ccnc1C(N)=S. The topological polar surface area (TPSA) is 53.1 Å². The fourth-order valence-electron chi connectivity index (χ4n) is 1.20. The molecule has 2 N–H and O–H groups in total. The van der Waals surface area contributed by atoms with Gasteiger partial charge in [-0.3, -0.25) is 0 Å². The third-order valence-electron chi connectivity index (χ3n) is 1.83. The van der Waals surface area contributed by atoms with E-state index in [0.29, 0.717) is 10.8 Å². The fourth-order valence-corrected chi connectivity index (χ4v) is 1.37. The van der Waals surface area contributed by atoms with Crippen LogP contribution >= 0.6 is 12.2 Å². The minimum absolute atomic E-state index is 0.339. The predicted octanol–water partition coefficient (Wildman–Crippen LogP) is 0.944. The van der Waals surface area contributed by atoms with Crippen LogP contribution in [-0.4, -0.2) is 27.8 Å². The Bertz CT molecular complexity index is 298. The lowest BCUT2D eigenvalue weighted by Crippen LogP contribution is -2.17. The van der Waals surface area contributed by atoms with Gasteiger partial charge < -0.3 is 15.0 Å². The van der Waals surface area contributed by atoms with Gasteiger partial charge in [-0.1, -0.05) is 12.2 Å². The summed E-state index contributed by atoms with van der Waals surface area (Å²) in [6.45, 7) is 4.34. The van der Waals surface area contributed by atoms with Crippen molar-refractivity contribution in [2.24, 2.45) is 5.73 Å². The standard InChI is InChI=1S/C9H15N3OS/c1-2-13-7-3-5-12-6-4-11-9(12)8(10)14/h4,6H,2-3,5,7H2,1H3,(H2,10,14). The second kappa shape index (κ2) is 5.72. The number of imidazole rings is 1. The van der Waals surface area contributed by atoms with E-state index < -0.39 is 0 Å². The first-order valence-electron chi connectivity index (χ1n) is 4.64. The van der Waals surface area contributed by atoms with Crippen molar-refractivity contribution < 1.29 is 4.74 Å². The summed E-state index contributed by atoms with van der Waals surface area (Å²) in [5.74, 6) is 0.677. The van der Waals surface area contributed by atoms with Crippen LogP contribution in [0.1, 0.15) is 19.2 Å². The highest BCUT2D eigenvalue weighted by molar-refractivity contribution is 7.80. The van der Waals surface area contributed by atoms with Crippen molar-refractivity contribution in [2.75, 3.05) is 13.2 Å². The van der Waals surface area contributed by atoms with Crippen molar-refractivity contribution in [3.8, 4) is 0 Å². The zero-order valence-corrected chi connectivity index (χ0v) is 9.09. The molecule has 0 bridgehead atoms. The normalized spacial score (nSPS) is 10.4. The van der Waals surface area contributed by atoms with Gasteiger partial charge in [-0.05, 0) is 13.3 Å². The molecule has 4 nitrogen and oxygen atoms in total. The molecular weight excluding hydrogens is 198 g/mol. The van der Waals surface area contributed by atoms with Crippen molar-refractivity contribution in [3.63, 3.8) is 0 Å². The average Bonchev–Trinajstić information content (AvgIpc) is 2.60. The molecule has 5 heteroatoms. The Hall–Kier alpha value is -0.940. The van der Waals surface area contributed by atoms with E-state index in [0.717, 1.165) is 26.2 Å². The predicted molar refractivity (Wildman–Crippen MR) is 59.2 cm³/mol. The Kier molecular flexibility index (Phi) is 4.55. The zero-order chi connectivity index (χ0) is 10.4. The van der Waals surface area contributed by atoms with Gasteiger partial charge in [0.2, 0.25) is 0 Å². The van der Waals surface area contributed by atoms with E-state index in [1.807, 2.05) is 17.7 Å². The summed E-state index contributed by atoms with van der Waals surface area (Å²) in [5, 5.41) is 0. The highest BCUT2D eigenvalue weighted by Gasteiger charge is 2.04. The Morgan fingerprint density at radius 2 is 2.50 bits per heavy atom. The second-order valence-electron chi connectivity index (χ2n) is 2.86. The summed E-state index contributed by atoms with van der Waals surface area (Å²) >= 11 is 4.87. The zero-order valence-electron chi connectivity index (χ0n) is 8.27. The Morgan fingerprint density at radius 1 is 1.71 bits per heavy atom. The number of aryl methyl sites for hydroxylation is 1. The maximum atomic E-state index is 5.51. The molecule has 0 atom stereocenters. The molecule has 0 saturated heterocycles. The van der Waals surface area contributed by atoms with Gasteiger partial charge in [-0.25, -0.2) is 4.98 Å². The van der Waals surface area contributed by atoms with E-state index >= 15 is 0 Å². The highest BCUT2D eigenvalue weighted by atomic mass is 32.1. The molecule has 0 saturated carbocycles. The third-order valence-corrected chi connectivity index (χ3v) is 2.01. The van der Waals surface area contributed by atoms with Crippen LogP contribution in [0, 0.1) is 0 Å². The van der Waals surface area contributed by atoms with Crippen LogP contribution in [0.3, 0.4) is 0 Å². The molecule has 0 unspecified atom stereocenters. The largest absolute Gasteiger partial charge is 0.387 e. The smallest absolute Gasteiger partial charge is 0.167 e. The molecule has 1 rings (SSSR count). The molecule has 0 fully saturated rings. The van der Waals surface area contributed by atoms with E-state index in [1.165, 1.54) is 0 Å². The summed E-state index contributed by atoms with van der Waals surface area (Å²) in [7, 11) is 0. The van der Waals surface area contributed by atoms with Crippen LogP contribution < -0.4 is 5.73 Å². The monoisotopic (exact) mass is 213 g/mol. The fraction of sp³-hybridized carbons (Fsp3) is 0.556. The van der Waals surface area contributed by atoms with Crippen LogP contribution in [-0.2, 0) is 11.3 Å². The van der Waals surface area contributed by atoms with E-state index in [9.17, 15) is 0 Å². The number of nitrogens with two attached hydrogens (primary N) is 1. The van der Waals surface area contributed by atoms with Crippen LogP contribution in [0.4, 0.5) is 0 Å². The molecule has 0 aliphatic rings. The van der Waals surface area contributed by atoms with Gasteiger partial charge in [-0.2, -0.15) is 0 Å². The van der Waals surface area contributed by atoms with Crippen LogP contribution in [0.2, 0.25) is 0 Å². The lowest BCUT2D eigenvalue weighted by Gasteiger charge is -2.06. The summed E-state index contributed by atoms with van der Waals surface area (Å²) in [4.78, 5) is 4.41. The molecule has 78 valence electrons. The summed E-state index contributed by atoms with van der Waals surface area (Å²) in [6, 6.07) is 0. The van der Waals surface area contributed by atoms with Gasteiger partial charge in [0, 0.05) is 32.2 Å². The van der Waals surface area contributed by atoms with E-state index in [1.54, 1.807) is 6.20 Å². The summed E-state index contributed by atoms with van der Waals surface area (Å²) < 4.78 is 7.18. The minimum Gasteiger partial charge on any atom is -0.387 e. The average molecular weight is 213 g/mol. The number of hydrogen-bond donors (Lipinski definition) is 1. The highest BCUT2D eigenvalue weighted by Crippen LogP contribution is 1.99. The number of rotatable bonds is 6. The molecule has 14 heavy (non-hydrogen) atoms. The minimum atomic E-state index is 0.339. The Balaban J connectivity index is 2.42. The van der Waals surface area contributed by atoms with Crippen molar-refractivity contribution >= 4 is 17.2 Å². The first-order valence-corrected chi connectivity index (χ1v) is 5.05. The Morgan fingerprint density at radius 3 is 3.14 bits per heavy atom. The lowest BCUT2D eigenvalue weighted by molar-refractivity contribution is 0.141. The van der Waals surface area contributed by atoms with Crippen molar-refractivity contribution in [1.29, 1.82) is 0 Å². The van der Waals surface area contributed by atoms with Crippen molar-refractivity contribution in [1.82, 2.24) is 9.55 Å². The number of ether oxygens (including phenoxy) is 1. The third kappa shape index (κ3) is 3.08. The van der Waals surface area contributed by atoms with E-state index in [4.69, 9.17) is 22.7 Å². The number of thiocarbonyl (C=S) groups is 1. The number of nitrogens with zero attached hydrogens (tertiary/aromatic N) is 2. The molecular formula is C9H15N3OS. The lowest BCUT2D eigenvalue weighted by atomic mass is 10.4. The van der Waals surface area contributed by atoms with Gasteiger partial charge in [0.15, 0.2) is 5.82 Å². The van der Waals surface area contributed by atoms with Crippen molar-refractivity contribution in [3.05, 3.63) is 18.2 Å². The molecule has 0 radical (unpaired) electrons. The molecule has 0 spiro atoms. The number of aromatic nitrogens is 2. The molecule has 1 heterocycles. The van der Waals surface area contributed by atoms with Crippen LogP contribution in [0.25, 0.3) is 0 Å². The Labute approximate surface area is 89.1 Å². The van der Waals surface area contributed by atoms with E-state index in [2.05, 4.69) is 4.98 Å². The molecule has 0 aliphatic carbocycles. The maximum absolute atomic E-state index is 5.51. The quantitative estimate of drug-likeness (QED) is 0.564. The summed E-state index contributed by atoms with van der Waals surface area (Å²) in [6.07, 6.45) is 4.52. The first-order chi connectivity index (χ1) is 6.75. The van der Waals surface area contributed by atoms with Gasteiger partial charge in [0.1, 0.15) is 4.99 Å². The van der Waals surface area contributed by atoms with E-state index in [-0.39, 0.29) is 0 Å². The second-order valence-corrected chi connectivity index (χ2v) is 3.30. The van der Waals surface area contributed by atoms with Crippen molar-refractivity contribution in [2.45, 2.75) is 19.9 Å². The molecule has 0 aliphatic heterocycles. The van der Waals surface area contributed by atoms with Crippen LogP contribution in [0.5, 0.6) is 0 Å².